The van der Waals surface area contributed by atoms with Crippen molar-refractivity contribution < 1.29 is 0 Å². The first-order valence-electron chi connectivity index (χ1n) is 5.69. The van der Waals surface area contributed by atoms with Crippen molar-refractivity contribution >= 4 is 12.6 Å². The third kappa shape index (κ3) is 1.82. The lowest BCUT2D eigenvalue weighted by Crippen LogP contribution is -2.36. The number of aryl methyl sites for hydroxylation is 1. The van der Waals surface area contributed by atoms with E-state index in [0.717, 1.165) is 12.3 Å². The Kier molecular flexibility index (Phi) is 2.84. The molecule has 0 atom stereocenters. The zero-order valence-electron chi connectivity index (χ0n) is 9.88. The minimum atomic E-state index is 0.429. The van der Waals surface area contributed by atoms with Crippen molar-refractivity contribution in [3.8, 4) is 0 Å². The Morgan fingerprint density at radius 1 is 1.33 bits per heavy atom. The number of aromatic nitrogens is 2. The fourth-order valence-electron chi connectivity index (χ4n) is 2.30. The van der Waals surface area contributed by atoms with Gasteiger partial charge in [-0.25, -0.2) is 0 Å². The number of hydrogen-bond donors (Lipinski definition) is 1. The first kappa shape index (κ1) is 11.1. The zero-order chi connectivity index (χ0) is 11.1. The van der Waals surface area contributed by atoms with E-state index in [1.165, 1.54) is 36.2 Å². The van der Waals surface area contributed by atoms with E-state index in [-0.39, 0.29) is 0 Å². The maximum Gasteiger partial charge on any atom is 0.0625 e. The van der Waals surface area contributed by atoms with Gasteiger partial charge in [-0.1, -0.05) is 6.42 Å². The molecule has 0 saturated heterocycles. The second-order valence-electron chi connectivity index (χ2n) is 4.97. The van der Waals surface area contributed by atoms with Crippen LogP contribution >= 0.6 is 12.6 Å². The van der Waals surface area contributed by atoms with Gasteiger partial charge < -0.3 is 0 Å². The predicted molar refractivity (Wildman–Crippen MR) is 66.6 cm³/mol. The molecule has 1 aliphatic rings. The van der Waals surface area contributed by atoms with Crippen molar-refractivity contribution in [2.24, 2.45) is 5.41 Å². The summed E-state index contributed by atoms with van der Waals surface area (Å²) in [6.07, 6.45) is 3.99. The third-order valence-electron chi connectivity index (χ3n) is 3.98. The zero-order valence-corrected chi connectivity index (χ0v) is 10.8. The van der Waals surface area contributed by atoms with Gasteiger partial charge in [0.05, 0.1) is 5.69 Å². The van der Waals surface area contributed by atoms with E-state index in [2.05, 4.69) is 43.2 Å². The van der Waals surface area contributed by atoms with Gasteiger partial charge in [-0.3, -0.25) is 4.68 Å². The standard InChI is InChI=1S/C12H20N2S/c1-9-10(2)13-14(11(9)3)7-12(8-15)5-4-6-12/h15H,4-8H2,1-3H3. The molecule has 0 aromatic carbocycles. The number of nitrogens with zero attached hydrogens (tertiary/aromatic N) is 2. The molecule has 84 valence electrons. The minimum Gasteiger partial charge on any atom is -0.269 e. The lowest BCUT2D eigenvalue weighted by atomic mass is 9.70. The SMILES string of the molecule is Cc1nn(CC2(CS)CCC2)c(C)c1C. The summed E-state index contributed by atoms with van der Waals surface area (Å²) in [5.74, 6) is 0.990. The second kappa shape index (κ2) is 3.85. The van der Waals surface area contributed by atoms with Gasteiger partial charge in [0.1, 0.15) is 0 Å². The van der Waals surface area contributed by atoms with Crippen molar-refractivity contribution in [3.63, 3.8) is 0 Å². The van der Waals surface area contributed by atoms with Crippen molar-refractivity contribution in [1.82, 2.24) is 9.78 Å². The molecule has 0 radical (unpaired) electrons. The lowest BCUT2D eigenvalue weighted by molar-refractivity contribution is 0.131. The van der Waals surface area contributed by atoms with Crippen LogP contribution in [0.25, 0.3) is 0 Å². The number of rotatable bonds is 3. The summed E-state index contributed by atoms with van der Waals surface area (Å²) < 4.78 is 2.18. The molecular formula is C12H20N2S. The van der Waals surface area contributed by atoms with Crippen molar-refractivity contribution in [3.05, 3.63) is 17.0 Å². The number of hydrogen-bond acceptors (Lipinski definition) is 2. The fourth-order valence-corrected chi connectivity index (χ4v) is 2.72. The van der Waals surface area contributed by atoms with Crippen LogP contribution < -0.4 is 0 Å². The van der Waals surface area contributed by atoms with E-state index in [1.54, 1.807) is 0 Å². The molecule has 0 N–H and O–H groups in total. The van der Waals surface area contributed by atoms with E-state index in [9.17, 15) is 0 Å². The van der Waals surface area contributed by atoms with Crippen molar-refractivity contribution in [2.75, 3.05) is 5.75 Å². The van der Waals surface area contributed by atoms with E-state index in [1.807, 2.05) is 0 Å². The van der Waals surface area contributed by atoms with E-state index >= 15 is 0 Å². The first-order chi connectivity index (χ1) is 7.08. The van der Waals surface area contributed by atoms with Gasteiger partial charge in [0.25, 0.3) is 0 Å². The van der Waals surface area contributed by atoms with Gasteiger partial charge in [-0.05, 0) is 50.3 Å². The Labute approximate surface area is 97.5 Å². The monoisotopic (exact) mass is 224 g/mol. The van der Waals surface area contributed by atoms with Crippen molar-refractivity contribution in [1.29, 1.82) is 0 Å². The Balaban J connectivity index is 2.20. The van der Waals surface area contributed by atoms with Crippen LogP contribution in [0.15, 0.2) is 0 Å². The number of thiol groups is 1. The maximum absolute atomic E-state index is 4.61. The molecule has 1 aromatic rings. The van der Waals surface area contributed by atoms with Crippen molar-refractivity contribution in [2.45, 2.75) is 46.6 Å². The molecule has 0 unspecified atom stereocenters. The quantitative estimate of drug-likeness (QED) is 0.782. The molecule has 2 nitrogen and oxygen atoms in total. The molecule has 1 fully saturated rings. The summed E-state index contributed by atoms with van der Waals surface area (Å²) in [6, 6.07) is 0. The molecule has 1 aromatic heterocycles. The predicted octanol–water partition coefficient (Wildman–Crippen LogP) is 2.91. The molecule has 3 heteroatoms. The first-order valence-corrected chi connectivity index (χ1v) is 6.33. The molecule has 1 heterocycles. The Bertz CT molecular complexity index is 358. The lowest BCUT2D eigenvalue weighted by Gasteiger charge is -2.40. The highest BCUT2D eigenvalue weighted by molar-refractivity contribution is 7.80. The summed E-state index contributed by atoms with van der Waals surface area (Å²) in [7, 11) is 0. The van der Waals surface area contributed by atoms with Crippen LogP contribution in [0, 0.1) is 26.2 Å². The van der Waals surface area contributed by atoms with Crippen LogP contribution in [0.3, 0.4) is 0 Å². The molecule has 15 heavy (non-hydrogen) atoms. The molecule has 0 bridgehead atoms. The maximum atomic E-state index is 4.61. The summed E-state index contributed by atoms with van der Waals surface area (Å²) >= 11 is 4.49. The van der Waals surface area contributed by atoms with Crippen LogP contribution in [0.1, 0.15) is 36.2 Å². The van der Waals surface area contributed by atoms with Crippen LogP contribution in [-0.4, -0.2) is 15.5 Å². The van der Waals surface area contributed by atoms with Crippen LogP contribution in [0.2, 0.25) is 0 Å². The molecule has 2 rings (SSSR count). The Morgan fingerprint density at radius 3 is 2.33 bits per heavy atom. The summed E-state index contributed by atoms with van der Waals surface area (Å²) in [5.41, 5.74) is 4.25. The smallest absolute Gasteiger partial charge is 0.0625 e. The summed E-state index contributed by atoms with van der Waals surface area (Å²) in [5, 5.41) is 4.61. The topological polar surface area (TPSA) is 17.8 Å². The third-order valence-corrected chi connectivity index (χ3v) is 4.65. The Hall–Kier alpha value is -0.440. The largest absolute Gasteiger partial charge is 0.269 e. The Morgan fingerprint density at radius 2 is 2.00 bits per heavy atom. The molecule has 0 aliphatic heterocycles. The van der Waals surface area contributed by atoms with Gasteiger partial charge in [0, 0.05) is 12.2 Å². The summed E-state index contributed by atoms with van der Waals surface area (Å²) in [6.45, 7) is 7.46. The average Bonchev–Trinajstić information content (AvgIpc) is 2.40. The summed E-state index contributed by atoms with van der Waals surface area (Å²) in [4.78, 5) is 0. The molecule has 1 saturated carbocycles. The molecule has 1 aliphatic carbocycles. The van der Waals surface area contributed by atoms with Crippen LogP contribution in [-0.2, 0) is 6.54 Å². The highest BCUT2D eigenvalue weighted by Crippen LogP contribution is 2.43. The van der Waals surface area contributed by atoms with Gasteiger partial charge in [-0.15, -0.1) is 0 Å². The van der Waals surface area contributed by atoms with Gasteiger partial charge in [-0.2, -0.15) is 17.7 Å². The highest BCUT2D eigenvalue weighted by atomic mass is 32.1. The molecule has 0 spiro atoms. The molecular weight excluding hydrogens is 204 g/mol. The van der Waals surface area contributed by atoms with Gasteiger partial charge in [0.15, 0.2) is 0 Å². The van der Waals surface area contributed by atoms with Gasteiger partial charge >= 0.3 is 0 Å². The average molecular weight is 224 g/mol. The normalized spacial score (nSPS) is 18.9. The fraction of sp³-hybridized carbons (Fsp3) is 0.750. The molecule has 0 amide bonds. The van der Waals surface area contributed by atoms with E-state index in [0.29, 0.717) is 5.41 Å². The van der Waals surface area contributed by atoms with E-state index in [4.69, 9.17) is 0 Å². The minimum absolute atomic E-state index is 0.429. The van der Waals surface area contributed by atoms with E-state index < -0.39 is 0 Å². The van der Waals surface area contributed by atoms with Crippen LogP contribution in [0.5, 0.6) is 0 Å². The van der Waals surface area contributed by atoms with Crippen LogP contribution in [0.4, 0.5) is 0 Å². The second-order valence-corrected chi connectivity index (χ2v) is 5.28. The highest BCUT2D eigenvalue weighted by Gasteiger charge is 2.36. The van der Waals surface area contributed by atoms with Gasteiger partial charge in [0.2, 0.25) is 0 Å².